The zero-order valence-corrected chi connectivity index (χ0v) is 13.3. The normalized spacial score (nSPS) is 12.4. The predicted molar refractivity (Wildman–Crippen MR) is 86.2 cm³/mol. The van der Waals surface area contributed by atoms with Crippen molar-refractivity contribution in [2.45, 2.75) is 20.5 Å². The van der Waals surface area contributed by atoms with Crippen LogP contribution < -0.4 is 0 Å². The van der Waals surface area contributed by atoms with Gasteiger partial charge in [-0.2, -0.15) is 0 Å². The second-order valence-corrected chi connectivity index (χ2v) is 4.42. The van der Waals surface area contributed by atoms with Crippen LogP contribution in [0.15, 0.2) is 47.8 Å². The average molecular weight is 303 g/mol. The molecule has 0 bridgehead atoms. The third kappa shape index (κ3) is 5.09. The van der Waals surface area contributed by atoms with Crippen molar-refractivity contribution in [3.05, 3.63) is 53.8 Å². The molecule has 0 radical (unpaired) electrons. The number of oxime groups is 1. The number of ether oxygens (including phenoxy) is 2. The fraction of sp³-hybridized carbons (Fsp3) is 0.294. The number of rotatable bonds is 7. The van der Waals surface area contributed by atoms with E-state index in [1.54, 1.807) is 0 Å². The molecule has 0 unspecified atom stereocenters. The zero-order valence-electron chi connectivity index (χ0n) is 13.3. The van der Waals surface area contributed by atoms with Crippen molar-refractivity contribution in [2.24, 2.45) is 5.16 Å². The van der Waals surface area contributed by atoms with Crippen LogP contribution in [0, 0.1) is 0 Å². The molecule has 0 aliphatic rings. The van der Waals surface area contributed by atoms with E-state index in [1.807, 2.05) is 50.3 Å². The van der Waals surface area contributed by atoms with Gasteiger partial charge in [-0.05, 0) is 25.5 Å². The van der Waals surface area contributed by atoms with Crippen molar-refractivity contribution < 1.29 is 19.1 Å². The summed E-state index contributed by atoms with van der Waals surface area (Å²) < 4.78 is 9.75. The van der Waals surface area contributed by atoms with Crippen molar-refractivity contribution >= 4 is 17.3 Å². The van der Waals surface area contributed by atoms with E-state index in [1.165, 1.54) is 20.5 Å². The van der Waals surface area contributed by atoms with Gasteiger partial charge in [-0.25, -0.2) is 4.79 Å². The van der Waals surface area contributed by atoms with Crippen molar-refractivity contribution in [3.63, 3.8) is 0 Å². The largest absolute Gasteiger partial charge is 0.503 e. The molecule has 0 aliphatic heterocycles. The van der Waals surface area contributed by atoms with Crippen LogP contribution in [0.2, 0.25) is 0 Å². The van der Waals surface area contributed by atoms with Gasteiger partial charge in [-0.1, -0.05) is 35.5 Å². The lowest BCUT2D eigenvalue weighted by Crippen LogP contribution is -2.07. The second kappa shape index (κ2) is 9.39. The van der Waals surface area contributed by atoms with Crippen molar-refractivity contribution in [1.29, 1.82) is 0 Å². The summed E-state index contributed by atoms with van der Waals surface area (Å²) in [7, 11) is 2.81. The average Bonchev–Trinajstić information content (AvgIpc) is 2.53. The molecule has 0 aromatic heterocycles. The van der Waals surface area contributed by atoms with Gasteiger partial charge in [-0.3, -0.25) is 0 Å². The molecule has 0 saturated carbocycles. The SMILES string of the molecule is C/C=C/C(C)=N\OCc1ccccc1/C(=C\OC)C(=O)OC. The van der Waals surface area contributed by atoms with Crippen molar-refractivity contribution in [2.75, 3.05) is 14.2 Å². The molecule has 1 aromatic rings. The summed E-state index contributed by atoms with van der Waals surface area (Å²) >= 11 is 0. The molecule has 118 valence electrons. The van der Waals surface area contributed by atoms with Gasteiger partial charge in [0, 0.05) is 5.56 Å². The van der Waals surface area contributed by atoms with E-state index in [4.69, 9.17) is 14.3 Å². The highest BCUT2D eigenvalue weighted by Crippen LogP contribution is 2.21. The summed E-state index contributed by atoms with van der Waals surface area (Å²) in [4.78, 5) is 17.2. The minimum absolute atomic E-state index is 0.239. The maximum Gasteiger partial charge on any atom is 0.341 e. The lowest BCUT2D eigenvalue weighted by molar-refractivity contribution is -0.133. The number of methoxy groups -OCH3 is 2. The van der Waals surface area contributed by atoms with Gasteiger partial charge < -0.3 is 14.3 Å². The molecule has 1 aromatic carbocycles. The Morgan fingerprint density at radius 1 is 1.27 bits per heavy atom. The maximum atomic E-state index is 11.9. The van der Waals surface area contributed by atoms with E-state index >= 15 is 0 Å². The molecule has 0 spiro atoms. The number of carbonyl (C=O) groups excluding carboxylic acids is 1. The molecular weight excluding hydrogens is 282 g/mol. The molecule has 0 heterocycles. The highest BCUT2D eigenvalue weighted by Gasteiger charge is 2.16. The Kier molecular flexibility index (Phi) is 7.47. The van der Waals surface area contributed by atoms with Gasteiger partial charge >= 0.3 is 5.97 Å². The summed E-state index contributed by atoms with van der Waals surface area (Å²) in [6, 6.07) is 7.37. The first-order valence-corrected chi connectivity index (χ1v) is 6.82. The van der Waals surface area contributed by atoms with Gasteiger partial charge in [0.05, 0.1) is 26.2 Å². The van der Waals surface area contributed by atoms with Gasteiger partial charge in [0.15, 0.2) is 0 Å². The molecule has 0 N–H and O–H groups in total. The molecule has 0 aliphatic carbocycles. The molecule has 22 heavy (non-hydrogen) atoms. The molecule has 0 fully saturated rings. The number of benzene rings is 1. The Hall–Kier alpha value is -2.56. The summed E-state index contributed by atoms with van der Waals surface area (Å²) in [6.07, 6.45) is 5.09. The maximum absolute atomic E-state index is 11.9. The van der Waals surface area contributed by atoms with Crippen LogP contribution in [0.3, 0.4) is 0 Å². The van der Waals surface area contributed by atoms with Crippen LogP contribution in [0.5, 0.6) is 0 Å². The third-order valence-electron chi connectivity index (χ3n) is 2.79. The van der Waals surface area contributed by atoms with Gasteiger partial charge in [0.1, 0.15) is 12.2 Å². The van der Waals surface area contributed by atoms with Crippen LogP contribution in [0.25, 0.3) is 5.57 Å². The molecule has 0 saturated heterocycles. The minimum atomic E-state index is -0.470. The molecular formula is C17H21NO4. The highest BCUT2D eigenvalue weighted by molar-refractivity contribution is 6.16. The monoisotopic (exact) mass is 303 g/mol. The van der Waals surface area contributed by atoms with Crippen molar-refractivity contribution in [1.82, 2.24) is 0 Å². The number of esters is 1. The standard InChI is InChI=1S/C17H21NO4/c1-5-8-13(2)18-22-11-14-9-6-7-10-15(14)16(12-20-3)17(19)21-4/h5-10,12H,11H2,1-4H3/b8-5+,16-12+,18-13-. The number of allylic oxidation sites excluding steroid dienone is 2. The number of hydrogen-bond donors (Lipinski definition) is 0. The Morgan fingerprint density at radius 3 is 2.64 bits per heavy atom. The van der Waals surface area contributed by atoms with Gasteiger partial charge in [0.2, 0.25) is 0 Å². The molecule has 5 nitrogen and oxygen atoms in total. The van der Waals surface area contributed by atoms with Gasteiger partial charge in [0.25, 0.3) is 0 Å². The first-order chi connectivity index (χ1) is 10.6. The van der Waals surface area contributed by atoms with E-state index in [2.05, 4.69) is 5.16 Å². The Balaban J connectivity index is 3.00. The van der Waals surface area contributed by atoms with Crippen LogP contribution in [-0.2, 0) is 25.7 Å². The molecule has 0 amide bonds. The predicted octanol–water partition coefficient (Wildman–Crippen LogP) is 3.32. The van der Waals surface area contributed by atoms with Crippen molar-refractivity contribution in [3.8, 4) is 0 Å². The van der Waals surface area contributed by atoms with Crippen LogP contribution >= 0.6 is 0 Å². The van der Waals surface area contributed by atoms with E-state index in [0.717, 1.165) is 11.3 Å². The molecule has 5 heteroatoms. The molecule has 1 rings (SSSR count). The first-order valence-electron chi connectivity index (χ1n) is 6.82. The first kappa shape index (κ1) is 17.5. The van der Waals surface area contributed by atoms with Crippen LogP contribution in [0.1, 0.15) is 25.0 Å². The highest BCUT2D eigenvalue weighted by atomic mass is 16.6. The topological polar surface area (TPSA) is 57.1 Å². The lowest BCUT2D eigenvalue weighted by Gasteiger charge is -2.10. The van der Waals surface area contributed by atoms with Crippen LogP contribution in [0.4, 0.5) is 0 Å². The third-order valence-corrected chi connectivity index (χ3v) is 2.79. The molecule has 0 atom stereocenters. The van der Waals surface area contributed by atoms with E-state index in [9.17, 15) is 4.79 Å². The summed E-state index contributed by atoms with van der Waals surface area (Å²) in [5.74, 6) is -0.470. The Morgan fingerprint density at radius 2 is 2.00 bits per heavy atom. The van der Waals surface area contributed by atoms with Crippen LogP contribution in [-0.4, -0.2) is 25.9 Å². The zero-order chi connectivity index (χ0) is 16.4. The Labute approximate surface area is 130 Å². The Bertz CT molecular complexity index is 588. The van der Waals surface area contributed by atoms with Gasteiger partial charge in [-0.15, -0.1) is 0 Å². The second-order valence-electron chi connectivity index (χ2n) is 4.42. The lowest BCUT2D eigenvalue weighted by atomic mass is 10.0. The fourth-order valence-electron chi connectivity index (χ4n) is 1.83. The number of carbonyl (C=O) groups is 1. The smallest absolute Gasteiger partial charge is 0.341 e. The summed E-state index contributed by atoms with van der Waals surface area (Å²) in [5, 5.41) is 3.98. The minimum Gasteiger partial charge on any atom is -0.503 e. The summed E-state index contributed by atoms with van der Waals surface area (Å²) in [5.41, 5.74) is 2.60. The van der Waals surface area contributed by atoms with E-state index in [0.29, 0.717) is 11.1 Å². The quantitative estimate of drug-likeness (QED) is 0.255. The number of nitrogens with zero attached hydrogens (tertiary/aromatic N) is 1. The summed E-state index contributed by atoms with van der Waals surface area (Å²) in [6.45, 7) is 3.99. The number of hydrogen-bond acceptors (Lipinski definition) is 5. The van der Waals surface area contributed by atoms with E-state index in [-0.39, 0.29) is 6.61 Å². The fourth-order valence-corrected chi connectivity index (χ4v) is 1.83. The van der Waals surface area contributed by atoms with E-state index < -0.39 is 5.97 Å².